The standard InChI is InChI=1S/C6H15NO6P2/c7-6(15(9,10)11)2-1-5-14(8)12-3-4-13-14/h6H,1-5,7H2,(H2,9,10,11). The molecule has 1 rings (SSSR count). The second kappa shape index (κ2) is 5.06. The van der Waals surface area contributed by atoms with Crippen LogP contribution < -0.4 is 5.73 Å². The zero-order valence-electron chi connectivity index (χ0n) is 8.11. The van der Waals surface area contributed by atoms with E-state index >= 15 is 0 Å². The third-order valence-corrected chi connectivity index (χ3v) is 5.16. The van der Waals surface area contributed by atoms with Gasteiger partial charge in [0.25, 0.3) is 0 Å². The summed E-state index contributed by atoms with van der Waals surface area (Å²) in [6, 6.07) is 0. The Labute approximate surface area is 87.6 Å². The van der Waals surface area contributed by atoms with Crippen molar-refractivity contribution in [1.29, 1.82) is 0 Å². The summed E-state index contributed by atoms with van der Waals surface area (Å²) in [6.45, 7) is 0.615. The summed E-state index contributed by atoms with van der Waals surface area (Å²) in [5.41, 5.74) is 5.24. The number of rotatable bonds is 5. The quantitative estimate of drug-likeness (QED) is 0.614. The topological polar surface area (TPSA) is 119 Å². The Bertz CT molecular complexity index is 292. The van der Waals surface area contributed by atoms with E-state index in [2.05, 4.69) is 0 Å². The van der Waals surface area contributed by atoms with E-state index in [-0.39, 0.29) is 12.6 Å². The molecule has 7 nitrogen and oxygen atoms in total. The van der Waals surface area contributed by atoms with Crippen LogP contribution in [0, 0.1) is 0 Å². The summed E-state index contributed by atoms with van der Waals surface area (Å²) in [7, 11) is -7.22. The van der Waals surface area contributed by atoms with Gasteiger partial charge in [0.2, 0.25) is 0 Å². The van der Waals surface area contributed by atoms with Gasteiger partial charge in [-0.15, -0.1) is 0 Å². The highest BCUT2D eigenvalue weighted by atomic mass is 31.2. The molecule has 1 aliphatic heterocycles. The maximum atomic E-state index is 11.6. The fourth-order valence-corrected chi connectivity index (χ4v) is 3.31. The van der Waals surface area contributed by atoms with Gasteiger partial charge >= 0.3 is 15.2 Å². The van der Waals surface area contributed by atoms with E-state index in [1.165, 1.54) is 0 Å². The van der Waals surface area contributed by atoms with Crippen molar-refractivity contribution in [2.45, 2.75) is 18.6 Å². The SMILES string of the molecule is NC(CCCP1(=O)OCCO1)P(=O)(O)O. The normalized spacial score (nSPS) is 22.9. The summed E-state index contributed by atoms with van der Waals surface area (Å²) >= 11 is 0. The van der Waals surface area contributed by atoms with Crippen molar-refractivity contribution in [1.82, 2.24) is 0 Å². The van der Waals surface area contributed by atoms with E-state index < -0.39 is 21.0 Å². The average Bonchev–Trinajstić information content (AvgIpc) is 2.50. The average molecular weight is 259 g/mol. The van der Waals surface area contributed by atoms with Crippen LogP contribution in [-0.4, -0.2) is 34.9 Å². The molecule has 0 aromatic heterocycles. The summed E-state index contributed by atoms with van der Waals surface area (Å²) in [5, 5.41) is 0. The Kier molecular flexibility index (Phi) is 4.50. The van der Waals surface area contributed by atoms with Crippen molar-refractivity contribution >= 4 is 15.2 Å². The van der Waals surface area contributed by atoms with Crippen LogP contribution in [-0.2, 0) is 18.2 Å². The summed E-state index contributed by atoms with van der Waals surface area (Å²) in [6.07, 6.45) is 0.561. The second-order valence-corrected chi connectivity index (χ2v) is 7.33. The van der Waals surface area contributed by atoms with Crippen molar-refractivity contribution in [2.75, 3.05) is 19.4 Å². The molecule has 15 heavy (non-hydrogen) atoms. The van der Waals surface area contributed by atoms with Crippen LogP contribution in [0.25, 0.3) is 0 Å². The third-order valence-electron chi connectivity index (χ3n) is 2.02. The monoisotopic (exact) mass is 259 g/mol. The lowest BCUT2D eigenvalue weighted by atomic mass is 10.3. The van der Waals surface area contributed by atoms with Gasteiger partial charge in [-0.1, -0.05) is 0 Å². The first-order valence-electron chi connectivity index (χ1n) is 4.52. The second-order valence-electron chi connectivity index (χ2n) is 3.30. The minimum absolute atomic E-state index is 0.0982. The molecule has 1 fully saturated rings. The summed E-state index contributed by atoms with van der Waals surface area (Å²) in [4.78, 5) is 17.4. The first-order chi connectivity index (χ1) is 6.83. The van der Waals surface area contributed by atoms with Crippen molar-refractivity contribution in [3.63, 3.8) is 0 Å². The lowest BCUT2D eigenvalue weighted by molar-refractivity contribution is 0.343. The molecule has 0 spiro atoms. The Morgan fingerprint density at radius 2 is 1.93 bits per heavy atom. The maximum Gasteiger partial charge on any atom is 0.342 e. The fourth-order valence-electron chi connectivity index (χ4n) is 1.18. The van der Waals surface area contributed by atoms with Crippen LogP contribution >= 0.6 is 15.2 Å². The van der Waals surface area contributed by atoms with Gasteiger partial charge in [0.05, 0.1) is 19.4 Å². The van der Waals surface area contributed by atoms with Crippen molar-refractivity contribution in [2.24, 2.45) is 5.73 Å². The lowest BCUT2D eigenvalue weighted by Crippen LogP contribution is -2.20. The molecular formula is C6H15NO6P2. The van der Waals surface area contributed by atoms with Gasteiger partial charge in [-0.25, -0.2) is 0 Å². The molecule has 0 aromatic carbocycles. The van der Waals surface area contributed by atoms with Crippen molar-refractivity contribution in [3.05, 3.63) is 0 Å². The highest BCUT2D eigenvalue weighted by Gasteiger charge is 2.31. The molecule has 1 aliphatic rings. The molecule has 1 saturated heterocycles. The predicted molar refractivity (Wildman–Crippen MR) is 53.6 cm³/mol. The van der Waals surface area contributed by atoms with Crippen molar-refractivity contribution < 1.29 is 28.0 Å². The van der Waals surface area contributed by atoms with Crippen LogP contribution in [0.15, 0.2) is 0 Å². The maximum absolute atomic E-state index is 11.6. The zero-order valence-corrected chi connectivity index (χ0v) is 9.90. The molecule has 0 bridgehead atoms. The van der Waals surface area contributed by atoms with Crippen LogP contribution in [0.3, 0.4) is 0 Å². The number of hydrogen-bond acceptors (Lipinski definition) is 5. The number of hydrogen-bond donors (Lipinski definition) is 3. The molecule has 0 radical (unpaired) electrons. The highest BCUT2D eigenvalue weighted by Crippen LogP contribution is 2.52. The molecule has 1 heterocycles. The molecule has 4 N–H and O–H groups in total. The minimum Gasteiger partial charge on any atom is -0.323 e. The molecule has 0 aliphatic carbocycles. The van der Waals surface area contributed by atoms with Gasteiger partial charge in [0, 0.05) is 0 Å². The Morgan fingerprint density at radius 3 is 2.40 bits per heavy atom. The number of nitrogens with two attached hydrogens (primary N) is 1. The molecule has 90 valence electrons. The van der Waals surface area contributed by atoms with E-state index in [4.69, 9.17) is 24.6 Å². The predicted octanol–water partition coefficient (Wildman–Crippen LogP) is 0.469. The first kappa shape index (κ1) is 13.3. The van der Waals surface area contributed by atoms with Crippen LogP contribution in [0.1, 0.15) is 12.8 Å². The van der Waals surface area contributed by atoms with Gasteiger partial charge in [0.1, 0.15) is 5.78 Å². The Hall–Kier alpha value is 0.260. The molecule has 0 amide bonds. The van der Waals surface area contributed by atoms with Crippen LogP contribution in [0.5, 0.6) is 0 Å². The highest BCUT2D eigenvalue weighted by molar-refractivity contribution is 7.54. The van der Waals surface area contributed by atoms with E-state index in [0.29, 0.717) is 19.6 Å². The minimum atomic E-state index is -4.23. The fraction of sp³-hybridized carbons (Fsp3) is 1.00. The van der Waals surface area contributed by atoms with Crippen molar-refractivity contribution in [3.8, 4) is 0 Å². The zero-order chi connectivity index (χ0) is 11.5. The smallest absolute Gasteiger partial charge is 0.323 e. The molecule has 0 saturated carbocycles. The first-order valence-corrected chi connectivity index (χ1v) is 7.93. The Balaban J connectivity index is 2.27. The molecule has 9 heteroatoms. The van der Waals surface area contributed by atoms with Crippen LogP contribution in [0.4, 0.5) is 0 Å². The third kappa shape index (κ3) is 4.33. The van der Waals surface area contributed by atoms with Gasteiger partial charge < -0.3 is 24.6 Å². The molecular weight excluding hydrogens is 244 g/mol. The van der Waals surface area contributed by atoms with Gasteiger partial charge in [-0.05, 0) is 12.8 Å². The molecule has 1 atom stereocenters. The van der Waals surface area contributed by atoms with Crippen LogP contribution in [0.2, 0.25) is 0 Å². The molecule has 1 unspecified atom stereocenters. The molecule has 0 aromatic rings. The van der Waals surface area contributed by atoms with E-state index in [1.807, 2.05) is 0 Å². The summed E-state index contributed by atoms with van der Waals surface area (Å²) in [5.74, 6) is -1.20. The lowest BCUT2D eigenvalue weighted by Gasteiger charge is -2.14. The van der Waals surface area contributed by atoms with Gasteiger partial charge in [0.15, 0.2) is 0 Å². The summed E-state index contributed by atoms with van der Waals surface area (Å²) < 4.78 is 32.1. The largest absolute Gasteiger partial charge is 0.342 e. The van der Waals surface area contributed by atoms with Gasteiger partial charge in [-0.3, -0.25) is 9.13 Å². The Morgan fingerprint density at radius 1 is 1.40 bits per heavy atom. The van der Waals surface area contributed by atoms with E-state index in [0.717, 1.165) is 0 Å². The van der Waals surface area contributed by atoms with E-state index in [1.54, 1.807) is 0 Å². The van der Waals surface area contributed by atoms with Gasteiger partial charge in [-0.2, -0.15) is 0 Å². The van der Waals surface area contributed by atoms with E-state index in [9.17, 15) is 9.13 Å².